The molecule has 2 aromatic rings. The highest BCUT2D eigenvalue weighted by atomic mass is 19.1. The molecule has 1 aliphatic heterocycles. The zero-order chi connectivity index (χ0) is 15.5. The smallest absolute Gasteiger partial charge is 0.254 e. The van der Waals surface area contributed by atoms with E-state index in [1.165, 1.54) is 12.1 Å². The van der Waals surface area contributed by atoms with Crippen molar-refractivity contribution in [2.45, 2.75) is 13.3 Å². The quantitative estimate of drug-likeness (QED) is 0.941. The van der Waals surface area contributed by atoms with Crippen molar-refractivity contribution in [3.63, 3.8) is 0 Å². The Hall–Kier alpha value is -2.21. The predicted molar refractivity (Wildman–Crippen MR) is 79.5 cm³/mol. The van der Waals surface area contributed by atoms with Gasteiger partial charge in [-0.15, -0.1) is 0 Å². The lowest BCUT2D eigenvalue weighted by atomic mass is 10.1. The van der Waals surface area contributed by atoms with Gasteiger partial charge in [-0.3, -0.25) is 4.79 Å². The highest BCUT2D eigenvalue weighted by Crippen LogP contribution is 2.15. The summed E-state index contributed by atoms with van der Waals surface area (Å²) in [7, 11) is 0. The third kappa shape index (κ3) is 3.01. The molecule has 0 radical (unpaired) electrons. The number of amides is 1. The Morgan fingerprint density at radius 2 is 2.23 bits per heavy atom. The van der Waals surface area contributed by atoms with E-state index in [4.69, 9.17) is 4.74 Å². The fourth-order valence-electron chi connectivity index (χ4n) is 2.55. The standard InChI is InChI=1S/C16H18FN3O2/c1-11-15(16(21)18-8-12-6-7-22-10-12)9-19-20(11)14-4-2-13(17)3-5-14/h2-5,9,12H,6-8,10H2,1H3,(H,18,21)/t12-/m1/s1. The van der Waals surface area contributed by atoms with Gasteiger partial charge in [0.15, 0.2) is 0 Å². The topological polar surface area (TPSA) is 56.1 Å². The van der Waals surface area contributed by atoms with E-state index in [0.717, 1.165) is 24.4 Å². The summed E-state index contributed by atoms with van der Waals surface area (Å²) in [6, 6.07) is 6.01. The molecular formula is C16H18FN3O2. The van der Waals surface area contributed by atoms with Crippen LogP contribution in [-0.4, -0.2) is 35.4 Å². The van der Waals surface area contributed by atoms with Gasteiger partial charge in [0.05, 0.1) is 29.7 Å². The van der Waals surface area contributed by atoms with Crippen LogP contribution < -0.4 is 5.32 Å². The van der Waals surface area contributed by atoms with Gasteiger partial charge in [0.1, 0.15) is 5.82 Å². The highest BCUT2D eigenvalue weighted by molar-refractivity contribution is 5.95. The average molecular weight is 303 g/mol. The molecule has 0 bridgehead atoms. The number of aromatic nitrogens is 2. The second-order valence-electron chi connectivity index (χ2n) is 5.47. The molecule has 1 aliphatic rings. The minimum Gasteiger partial charge on any atom is -0.381 e. The van der Waals surface area contributed by atoms with E-state index in [1.54, 1.807) is 23.0 Å². The Bertz CT molecular complexity index is 661. The number of nitrogens with one attached hydrogen (secondary N) is 1. The molecule has 1 saturated heterocycles. The van der Waals surface area contributed by atoms with Gasteiger partial charge >= 0.3 is 0 Å². The van der Waals surface area contributed by atoms with Crippen LogP contribution in [0.2, 0.25) is 0 Å². The molecule has 22 heavy (non-hydrogen) atoms. The second kappa shape index (κ2) is 6.27. The molecule has 3 rings (SSSR count). The van der Waals surface area contributed by atoms with Gasteiger partial charge in [0.2, 0.25) is 0 Å². The first-order valence-corrected chi connectivity index (χ1v) is 7.31. The summed E-state index contributed by atoms with van der Waals surface area (Å²) < 4.78 is 19.9. The molecule has 1 aromatic heterocycles. The van der Waals surface area contributed by atoms with Crippen LogP contribution in [0.4, 0.5) is 4.39 Å². The molecule has 116 valence electrons. The lowest BCUT2D eigenvalue weighted by Crippen LogP contribution is -2.29. The van der Waals surface area contributed by atoms with Crippen molar-refractivity contribution in [2.24, 2.45) is 5.92 Å². The van der Waals surface area contributed by atoms with Crippen molar-refractivity contribution in [1.82, 2.24) is 15.1 Å². The van der Waals surface area contributed by atoms with Gasteiger partial charge in [-0.2, -0.15) is 5.10 Å². The van der Waals surface area contributed by atoms with Crippen molar-refractivity contribution in [2.75, 3.05) is 19.8 Å². The molecule has 0 spiro atoms. The maximum atomic E-state index is 13.0. The maximum Gasteiger partial charge on any atom is 0.254 e. The number of hydrogen-bond acceptors (Lipinski definition) is 3. The molecule has 0 saturated carbocycles. The molecule has 0 unspecified atom stereocenters. The van der Waals surface area contributed by atoms with Crippen molar-refractivity contribution in [3.8, 4) is 5.69 Å². The van der Waals surface area contributed by atoms with Crippen LogP contribution in [-0.2, 0) is 4.74 Å². The van der Waals surface area contributed by atoms with Crippen LogP contribution in [0.15, 0.2) is 30.5 Å². The van der Waals surface area contributed by atoms with E-state index in [2.05, 4.69) is 10.4 Å². The number of halogens is 1. The van der Waals surface area contributed by atoms with Crippen molar-refractivity contribution in [3.05, 3.63) is 47.5 Å². The molecule has 2 heterocycles. The Balaban J connectivity index is 1.72. The third-order valence-corrected chi connectivity index (χ3v) is 3.90. The van der Waals surface area contributed by atoms with Gasteiger partial charge in [-0.1, -0.05) is 0 Å². The van der Waals surface area contributed by atoms with Crippen LogP contribution in [0.3, 0.4) is 0 Å². The molecule has 5 nitrogen and oxygen atoms in total. The van der Waals surface area contributed by atoms with E-state index < -0.39 is 0 Å². The minimum atomic E-state index is -0.301. The van der Waals surface area contributed by atoms with Crippen LogP contribution in [0, 0.1) is 18.7 Å². The summed E-state index contributed by atoms with van der Waals surface area (Å²) >= 11 is 0. The van der Waals surface area contributed by atoms with E-state index >= 15 is 0 Å². The van der Waals surface area contributed by atoms with Crippen molar-refractivity contribution < 1.29 is 13.9 Å². The molecule has 1 aromatic carbocycles. The van der Waals surface area contributed by atoms with Crippen LogP contribution in [0.1, 0.15) is 22.5 Å². The third-order valence-electron chi connectivity index (χ3n) is 3.90. The maximum absolute atomic E-state index is 13.0. The van der Waals surface area contributed by atoms with E-state index in [1.807, 2.05) is 6.92 Å². The summed E-state index contributed by atoms with van der Waals surface area (Å²) in [5, 5.41) is 7.15. The number of hydrogen-bond donors (Lipinski definition) is 1. The number of benzene rings is 1. The van der Waals surface area contributed by atoms with Crippen LogP contribution >= 0.6 is 0 Å². The van der Waals surface area contributed by atoms with Crippen molar-refractivity contribution >= 4 is 5.91 Å². The number of carbonyl (C=O) groups is 1. The first-order chi connectivity index (χ1) is 10.6. The predicted octanol–water partition coefficient (Wildman–Crippen LogP) is 2.09. The zero-order valence-electron chi connectivity index (χ0n) is 12.4. The average Bonchev–Trinajstić information content (AvgIpc) is 3.15. The summed E-state index contributed by atoms with van der Waals surface area (Å²) in [5.74, 6) is -0.0560. The van der Waals surface area contributed by atoms with Crippen molar-refractivity contribution in [1.29, 1.82) is 0 Å². The SMILES string of the molecule is Cc1c(C(=O)NC[C@H]2CCOC2)cnn1-c1ccc(F)cc1. The molecule has 0 aliphatic carbocycles. The fourth-order valence-corrected chi connectivity index (χ4v) is 2.55. The van der Waals surface area contributed by atoms with Gasteiger partial charge < -0.3 is 10.1 Å². The number of rotatable bonds is 4. The molecule has 6 heteroatoms. The summed E-state index contributed by atoms with van der Waals surface area (Å²) in [6.45, 7) is 3.90. The Labute approximate surface area is 128 Å². The van der Waals surface area contributed by atoms with E-state index in [-0.39, 0.29) is 11.7 Å². The number of ether oxygens (including phenoxy) is 1. The number of carbonyl (C=O) groups excluding carboxylic acids is 1. The minimum absolute atomic E-state index is 0.141. The first-order valence-electron chi connectivity index (χ1n) is 7.31. The summed E-state index contributed by atoms with van der Waals surface area (Å²) in [4.78, 5) is 12.3. The Kier molecular flexibility index (Phi) is 4.20. The van der Waals surface area contributed by atoms with Gasteiger partial charge in [0, 0.05) is 19.1 Å². The molecule has 1 atom stereocenters. The molecular weight excluding hydrogens is 285 g/mol. The number of nitrogens with zero attached hydrogens (tertiary/aromatic N) is 2. The molecule has 1 amide bonds. The van der Waals surface area contributed by atoms with Gasteiger partial charge in [0.25, 0.3) is 5.91 Å². The summed E-state index contributed by atoms with van der Waals surface area (Å²) in [6.07, 6.45) is 2.52. The van der Waals surface area contributed by atoms with Crippen LogP contribution in [0.5, 0.6) is 0 Å². The van der Waals surface area contributed by atoms with E-state index in [0.29, 0.717) is 24.6 Å². The largest absolute Gasteiger partial charge is 0.381 e. The van der Waals surface area contributed by atoms with Gasteiger partial charge in [-0.25, -0.2) is 9.07 Å². The second-order valence-corrected chi connectivity index (χ2v) is 5.47. The van der Waals surface area contributed by atoms with E-state index in [9.17, 15) is 9.18 Å². The highest BCUT2D eigenvalue weighted by Gasteiger charge is 2.19. The lowest BCUT2D eigenvalue weighted by molar-refractivity contribution is 0.0944. The first kappa shape index (κ1) is 14.7. The Morgan fingerprint density at radius 1 is 1.45 bits per heavy atom. The Morgan fingerprint density at radius 3 is 2.91 bits per heavy atom. The summed E-state index contributed by atoms with van der Waals surface area (Å²) in [5.41, 5.74) is 1.98. The molecule has 1 fully saturated rings. The lowest BCUT2D eigenvalue weighted by Gasteiger charge is -2.09. The normalized spacial score (nSPS) is 17.6. The van der Waals surface area contributed by atoms with Crippen LogP contribution in [0.25, 0.3) is 5.69 Å². The zero-order valence-corrected chi connectivity index (χ0v) is 12.4. The fraction of sp³-hybridized carbons (Fsp3) is 0.375. The monoisotopic (exact) mass is 303 g/mol. The van der Waals surface area contributed by atoms with Gasteiger partial charge in [-0.05, 0) is 37.6 Å². The molecule has 1 N–H and O–H groups in total.